The van der Waals surface area contributed by atoms with Gasteiger partial charge in [-0.3, -0.25) is 5.32 Å². The highest BCUT2D eigenvalue weighted by atomic mass is 16.2. The van der Waals surface area contributed by atoms with Crippen molar-refractivity contribution in [3.8, 4) is 0 Å². The zero-order valence-corrected chi connectivity index (χ0v) is 16.0. The Morgan fingerprint density at radius 1 is 1.21 bits per heavy atom. The monoisotopic (exact) mass is 379 g/mol. The normalized spacial score (nSPS) is 15.5. The van der Waals surface area contributed by atoms with Crippen LogP contribution in [0.25, 0.3) is 0 Å². The smallest absolute Gasteiger partial charge is 0.320 e. The maximum Gasteiger partial charge on any atom is 0.320 e. The van der Waals surface area contributed by atoms with Gasteiger partial charge in [0, 0.05) is 12.1 Å². The van der Waals surface area contributed by atoms with Crippen LogP contribution in [0.4, 0.5) is 10.6 Å². The molecule has 4 rings (SSSR count). The number of benzene rings is 1. The summed E-state index contributed by atoms with van der Waals surface area (Å²) in [7, 11) is 0. The van der Waals surface area contributed by atoms with Gasteiger partial charge in [0.1, 0.15) is 12.1 Å². The zero-order valence-electron chi connectivity index (χ0n) is 16.0. The van der Waals surface area contributed by atoms with Gasteiger partial charge in [-0.15, -0.1) is 10.2 Å². The van der Waals surface area contributed by atoms with Crippen LogP contribution < -0.4 is 10.6 Å². The number of nitrogens with zero attached hydrogens (tertiary/aromatic N) is 5. The molecule has 2 heterocycles. The van der Waals surface area contributed by atoms with Crippen molar-refractivity contribution in [2.45, 2.75) is 51.2 Å². The number of carbonyl (C=O) groups is 1. The largest absolute Gasteiger partial charge is 0.328 e. The molecule has 1 saturated carbocycles. The van der Waals surface area contributed by atoms with E-state index in [9.17, 15) is 4.79 Å². The predicted molar refractivity (Wildman–Crippen MR) is 106 cm³/mol. The molecule has 1 aromatic carbocycles. The summed E-state index contributed by atoms with van der Waals surface area (Å²) in [6.07, 6.45) is 8.20. The van der Waals surface area contributed by atoms with Crippen LogP contribution in [0, 0.1) is 0 Å². The minimum absolute atomic E-state index is 0.242. The number of rotatable bonds is 6. The molecule has 0 aliphatic heterocycles. The molecule has 1 atom stereocenters. The Hall–Kier alpha value is -3.16. The molecule has 2 N–H and O–H groups in total. The highest BCUT2D eigenvalue weighted by molar-refractivity contribution is 5.88. The van der Waals surface area contributed by atoms with Crippen LogP contribution in [0.5, 0.6) is 0 Å². The summed E-state index contributed by atoms with van der Waals surface area (Å²) in [5.41, 5.74) is 1.12. The fourth-order valence-electron chi connectivity index (χ4n) is 3.76. The molecule has 8 heteroatoms. The van der Waals surface area contributed by atoms with Crippen LogP contribution in [0.1, 0.15) is 56.1 Å². The minimum atomic E-state index is -0.289. The third-order valence-electron chi connectivity index (χ3n) is 5.19. The van der Waals surface area contributed by atoms with Gasteiger partial charge in [0.15, 0.2) is 5.82 Å². The average molecular weight is 379 g/mol. The Morgan fingerprint density at radius 3 is 2.79 bits per heavy atom. The summed E-state index contributed by atoms with van der Waals surface area (Å²) in [5.74, 6) is 1.44. The second-order valence-electron chi connectivity index (χ2n) is 7.21. The Bertz CT molecular complexity index is 912. The van der Waals surface area contributed by atoms with Crippen molar-refractivity contribution in [2.75, 3.05) is 5.32 Å². The fraction of sp³-hybridized carbons (Fsp3) is 0.400. The molecule has 1 fully saturated rings. The third kappa shape index (κ3) is 4.05. The highest BCUT2D eigenvalue weighted by Crippen LogP contribution is 2.31. The van der Waals surface area contributed by atoms with Crippen molar-refractivity contribution in [3.05, 3.63) is 60.3 Å². The van der Waals surface area contributed by atoms with Gasteiger partial charge in [-0.25, -0.2) is 9.48 Å². The summed E-state index contributed by atoms with van der Waals surface area (Å²) in [6.45, 7) is 2.52. The molecule has 0 spiro atoms. The highest BCUT2D eigenvalue weighted by Gasteiger charge is 2.23. The summed E-state index contributed by atoms with van der Waals surface area (Å²) in [4.78, 5) is 12.5. The van der Waals surface area contributed by atoms with Crippen molar-refractivity contribution in [3.63, 3.8) is 0 Å². The van der Waals surface area contributed by atoms with E-state index in [-0.39, 0.29) is 12.1 Å². The predicted octanol–water partition coefficient (Wildman–Crippen LogP) is 3.52. The van der Waals surface area contributed by atoms with Crippen LogP contribution in [-0.2, 0) is 6.54 Å². The van der Waals surface area contributed by atoms with E-state index < -0.39 is 0 Å². The molecule has 146 valence electrons. The molecule has 0 bridgehead atoms. The Kier molecular flexibility index (Phi) is 5.36. The lowest BCUT2D eigenvalue weighted by molar-refractivity contribution is 0.248. The molecule has 8 nitrogen and oxygen atoms in total. The SMILES string of the molecule is C[C@H](NC(=O)Nc1ccnn1Cc1ccccc1)c1nncn1C1CCCC1. The van der Waals surface area contributed by atoms with Gasteiger partial charge in [0.05, 0.1) is 18.8 Å². The van der Waals surface area contributed by atoms with Gasteiger partial charge in [0.25, 0.3) is 0 Å². The first-order valence-electron chi connectivity index (χ1n) is 9.73. The molecule has 2 amide bonds. The molecule has 28 heavy (non-hydrogen) atoms. The van der Waals surface area contributed by atoms with E-state index in [0.29, 0.717) is 18.4 Å². The van der Waals surface area contributed by atoms with Crippen LogP contribution in [0.3, 0.4) is 0 Å². The first-order chi connectivity index (χ1) is 13.7. The van der Waals surface area contributed by atoms with E-state index in [4.69, 9.17) is 0 Å². The van der Waals surface area contributed by atoms with E-state index in [2.05, 4.69) is 30.5 Å². The quantitative estimate of drug-likeness (QED) is 0.686. The van der Waals surface area contributed by atoms with E-state index in [1.807, 2.05) is 37.3 Å². The number of carbonyl (C=O) groups excluding carboxylic acids is 1. The lowest BCUT2D eigenvalue weighted by Crippen LogP contribution is -2.33. The number of urea groups is 1. The van der Waals surface area contributed by atoms with Crippen molar-refractivity contribution >= 4 is 11.8 Å². The molecule has 0 unspecified atom stereocenters. The van der Waals surface area contributed by atoms with Crippen molar-refractivity contribution in [1.29, 1.82) is 0 Å². The summed E-state index contributed by atoms with van der Waals surface area (Å²) >= 11 is 0. The molecule has 0 radical (unpaired) electrons. The van der Waals surface area contributed by atoms with Crippen molar-refractivity contribution in [2.24, 2.45) is 0 Å². The zero-order chi connectivity index (χ0) is 19.3. The van der Waals surface area contributed by atoms with E-state index >= 15 is 0 Å². The molecule has 1 aliphatic rings. The second-order valence-corrected chi connectivity index (χ2v) is 7.21. The van der Waals surface area contributed by atoms with Gasteiger partial charge < -0.3 is 9.88 Å². The summed E-state index contributed by atoms with van der Waals surface area (Å²) < 4.78 is 3.87. The number of hydrogen-bond acceptors (Lipinski definition) is 4. The van der Waals surface area contributed by atoms with Gasteiger partial charge in [-0.1, -0.05) is 43.2 Å². The van der Waals surface area contributed by atoms with Crippen LogP contribution in [0.15, 0.2) is 48.9 Å². The number of nitrogens with one attached hydrogen (secondary N) is 2. The lowest BCUT2D eigenvalue weighted by Gasteiger charge is -2.19. The van der Waals surface area contributed by atoms with Gasteiger partial charge in [0.2, 0.25) is 0 Å². The number of hydrogen-bond donors (Lipinski definition) is 2. The van der Waals surface area contributed by atoms with Crippen LogP contribution in [-0.4, -0.2) is 30.6 Å². The van der Waals surface area contributed by atoms with Gasteiger partial charge in [-0.05, 0) is 25.3 Å². The molecule has 0 saturated heterocycles. The second kappa shape index (κ2) is 8.24. The summed E-state index contributed by atoms with van der Waals surface area (Å²) in [5, 5.41) is 18.5. The molecule has 2 aromatic heterocycles. The van der Waals surface area contributed by atoms with E-state index in [1.165, 1.54) is 12.8 Å². The van der Waals surface area contributed by atoms with Crippen LogP contribution in [0.2, 0.25) is 0 Å². The van der Waals surface area contributed by atoms with Gasteiger partial charge >= 0.3 is 6.03 Å². The molecule has 3 aromatic rings. The minimum Gasteiger partial charge on any atom is -0.328 e. The van der Waals surface area contributed by atoms with Gasteiger partial charge in [-0.2, -0.15) is 5.10 Å². The average Bonchev–Trinajstić information content (AvgIpc) is 3.44. The standard InChI is InChI=1S/C20H25N7O/c1-15(19-25-21-14-26(19)17-9-5-6-10-17)23-20(28)24-18-11-12-22-27(18)13-16-7-3-2-4-8-16/h2-4,7-8,11-12,14-15,17H,5-6,9-10,13H2,1H3,(H2,23,24,28)/t15-/m0/s1. The summed E-state index contributed by atoms with van der Waals surface area (Å²) in [6, 6.07) is 11.7. The Balaban J connectivity index is 1.39. The maximum absolute atomic E-state index is 12.5. The maximum atomic E-state index is 12.5. The Morgan fingerprint density at radius 2 is 2.00 bits per heavy atom. The third-order valence-corrected chi connectivity index (χ3v) is 5.19. The van der Waals surface area contributed by atoms with E-state index in [0.717, 1.165) is 24.2 Å². The first kappa shape index (κ1) is 18.2. The molecule has 1 aliphatic carbocycles. The fourth-order valence-corrected chi connectivity index (χ4v) is 3.76. The number of amides is 2. The van der Waals surface area contributed by atoms with E-state index in [1.54, 1.807) is 23.3 Å². The topological polar surface area (TPSA) is 89.7 Å². The molecular formula is C20H25N7O. The van der Waals surface area contributed by atoms with Crippen molar-refractivity contribution in [1.82, 2.24) is 29.9 Å². The first-order valence-corrected chi connectivity index (χ1v) is 9.73. The number of aromatic nitrogens is 5. The lowest BCUT2D eigenvalue weighted by atomic mass is 10.2. The van der Waals surface area contributed by atoms with Crippen molar-refractivity contribution < 1.29 is 4.79 Å². The van der Waals surface area contributed by atoms with Crippen LogP contribution >= 0.6 is 0 Å². The number of anilines is 1. The Labute approximate surface area is 164 Å². The molecular weight excluding hydrogens is 354 g/mol.